The van der Waals surface area contributed by atoms with E-state index in [1.54, 1.807) is 18.2 Å². The summed E-state index contributed by atoms with van der Waals surface area (Å²) in [6.07, 6.45) is 12.1. The van der Waals surface area contributed by atoms with Crippen molar-refractivity contribution in [1.29, 1.82) is 0 Å². The van der Waals surface area contributed by atoms with E-state index in [4.69, 9.17) is 9.47 Å². The monoisotopic (exact) mass is 406 g/mol. The maximum Gasteiger partial charge on any atom is 0.335 e. The average molecular weight is 407 g/mol. The van der Waals surface area contributed by atoms with Gasteiger partial charge in [0, 0.05) is 16.8 Å². The summed E-state index contributed by atoms with van der Waals surface area (Å²) in [6.45, 7) is 3.44. The molecule has 0 amide bonds. The molecular weight excluding hydrogens is 376 g/mol. The molecule has 0 saturated heterocycles. The predicted octanol–water partition coefficient (Wildman–Crippen LogP) is 6.22. The number of carbonyl (C=O) groups excluding carboxylic acids is 2. The zero-order valence-corrected chi connectivity index (χ0v) is 17.5. The van der Waals surface area contributed by atoms with Crippen molar-refractivity contribution < 1.29 is 19.1 Å². The third-order valence-corrected chi connectivity index (χ3v) is 6.85. The summed E-state index contributed by atoms with van der Waals surface area (Å²) in [7, 11) is 0. The van der Waals surface area contributed by atoms with Crippen LogP contribution in [0.2, 0.25) is 0 Å². The van der Waals surface area contributed by atoms with Crippen LogP contribution in [0.25, 0.3) is 10.8 Å². The molecule has 0 radical (unpaired) electrons. The molecule has 2 aliphatic rings. The molecule has 4 rings (SSSR count). The van der Waals surface area contributed by atoms with Gasteiger partial charge in [-0.3, -0.25) is 4.79 Å². The van der Waals surface area contributed by atoms with Crippen LogP contribution in [0.4, 0.5) is 0 Å². The van der Waals surface area contributed by atoms with Crippen molar-refractivity contribution in [3.8, 4) is 11.5 Å². The van der Waals surface area contributed by atoms with Gasteiger partial charge in [-0.15, -0.1) is 0 Å². The number of fused-ring (bicyclic) bond motifs is 1. The zero-order chi connectivity index (χ0) is 20.9. The Bertz CT molecular complexity index is 918. The molecule has 0 aromatic heterocycles. The van der Waals surface area contributed by atoms with Crippen molar-refractivity contribution in [1.82, 2.24) is 0 Å². The van der Waals surface area contributed by atoms with Crippen molar-refractivity contribution in [3.63, 3.8) is 0 Å². The number of carbonyl (C=O) groups is 2. The second-order valence-electron chi connectivity index (χ2n) is 8.66. The van der Waals surface area contributed by atoms with E-state index in [1.165, 1.54) is 32.1 Å². The number of hydrogen-bond acceptors (Lipinski definition) is 4. The normalized spacial score (nSPS) is 22.4. The summed E-state index contributed by atoms with van der Waals surface area (Å²) < 4.78 is 11.2. The molecule has 4 nitrogen and oxygen atoms in total. The maximum atomic E-state index is 12.9. The molecule has 2 saturated carbocycles. The summed E-state index contributed by atoms with van der Waals surface area (Å²) in [5.41, 5.74) is 0. The number of benzene rings is 2. The van der Waals surface area contributed by atoms with Gasteiger partial charge in [-0.05, 0) is 49.7 Å². The van der Waals surface area contributed by atoms with Crippen molar-refractivity contribution in [2.75, 3.05) is 0 Å². The van der Waals surface area contributed by atoms with Gasteiger partial charge >= 0.3 is 11.9 Å². The highest BCUT2D eigenvalue weighted by Crippen LogP contribution is 2.40. The van der Waals surface area contributed by atoms with Crippen molar-refractivity contribution in [2.45, 2.75) is 57.8 Å². The minimum Gasteiger partial charge on any atom is -0.426 e. The van der Waals surface area contributed by atoms with E-state index in [1.807, 2.05) is 18.2 Å². The van der Waals surface area contributed by atoms with Crippen LogP contribution in [0.5, 0.6) is 11.5 Å². The van der Waals surface area contributed by atoms with Crippen LogP contribution >= 0.6 is 0 Å². The SMILES string of the molecule is C=CC(=O)Oc1cccc2c(OC(=O)C3CCC(C4CCCCC4)CC3)cccc12. The molecular formula is C26H30O4. The Morgan fingerprint density at radius 1 is 0.767 bits per heavy atom. The highest BCUT2D eigenvalue weighted by Gasteiger charge is 2.32. The van der Waals surface area contributed by atoms with Gasteiger partial charge in [-0.2, -0.15) is 0 Å². The third kappa shape index (κ3) is 4.58. The molecule has 30 heavy (non-hydrogen) atoms. The van der Waals surface area contributed by atoms with Gasteiger partial charge in [0.1, 0.15) is 11.5 Å². The molecule has 2 aliphatic carbocycles. The van der Waals surface area contributed by atoms with E-state index in [2.05, 4.69) is 6.58 Å². The molecule has 0 N–H and O–H groups in total. The van der Waals surface area contributed by atoms with Gasteiger partial charge in [-0.25, -0.2) is 4.79 Å². The van der Waals surface area contributed by atoms with Crippen LogP contribution in [-0.4, -0.2) is 11.9 Å². The Labute approximate surface area is 178 Å². The Kier molecular flexibility index (Phi) is 6.51. The summed E-state index contributed by atoms with van der Waals surface area (Å²) in [5.74, 6) is 1.92. The molecule has 2 aromatic carbocycles. The van der Waals surface area contributed by atoms with Crippen molar-refractivity contribution in [3.05, 3.63) is 49.1 Å². The van der Waals surface area contributed by atoms with E-state index >= 15 is 0 Å². The number of hydrogen-bond donors (Lipinski definition) is 0. The lowest BCUT2D eigenvalue weighted by molar-refractivity contribution is -0.140. The van der Waals surface area contributed by atoms with Crippen molar-refractivity contribution in [2.24, 2.45) is 17.8 Å². The molecule has 2 aromatic rings. The molecule has 0 heterocycles. The lowest BCUT2D eigenvalue weighted by Crippen LogP contribution is -2.29. The van der Waals surface area contributed by atoms with Gasteiger partial charge in [0.25, 0.3) is 0 Å². The smallest absolute Gasteiger partial charge is 0.335 e. The molecule has 0 unspecified atom stereocenters. The molecule has 4 heteroatoms. The highest BCUT2D eigenvalue weighted by molar-refractivity contribution is 5.96. The summed E-state index contributed by atoms with van der Waals surface area (Å²) in [6, 6.07) is 10.9. The van der Waals surface area contributed by atoms with Gasteiger partial charge in [0.15, 0.2) is 0 Å². The molecule has 2 fully saturated rings. The first kappa shape index (κ1) is 20.6. The Hall–Kier alpha value is -2.62. The fourth-order valence-electron chi connectivity index (χ4n) is 5.20. The fourth-order valence-corrected chi connectivity index (χ4v) is 5.20. The van der Waals surface area contributed by atoms with E-state index in [0.717, 1.165) is 54.4 Å². The topological polar surface area (TPSA) is 52.6 Å². The minimum atomic E-state index is -0.514. The van der Waals surface area contributed by atoms with Crippen molar-refractivity contribution >= 4 is 22.7 Å². The van der Waals surface area contributed by atoms with E-state index < -0.39 is 5.97 Å². The highest BCUT2D eigenvalue weighted by atomic mass is 16.5. The average Bonchev–Trinajstić information content (AvgIpc) is 2.80. The van der Waals surface area contributed by atoms with Crippen LogP contribution in [0, 0.1) is 17.8 Å². The lowest BCUT2D eigenvalue weighted by atomic mass is 9.71. The van der Waals surface area contributed by atoms with Crippen LogP contribution in [0.1, 0.15) is 57.8 Å². The fraction of sp³-hybridized carbons (Fsp3) is 0.462. The summed E-state index contributed by atoms with van der Waals surface area (Å²) in [4.78, 5) is 24.5. The third-order valence-electron chi connectivity index (χ3n) is 6.85. The Balaban J connectivity index is 1.43. The molecule has 158 valence electrons. The first-order valence-corrected chi connectivity index (χ1v) is 11.2. The Morgan fingerprint density at radius 3 is 1.93 bits per heavy atom. The quantitative estimate of drug-likeness (QED) is 0.336. The summed E-state index contributed by atoms with van der Waals surface area (Å²) >= 11 is 0. The van der Waals surface area contributed by atoms with E-state index in [0.29, 0.717) is 11.5 Å². The molecule has 0 atom stereocenters. The van der Waals surface area contributed by atoms with E-state index in [-0.39, 0.29) is 11.9 Å². The minimum absolute atomic E-state index is 0.0260. The lowest BCUT2D eigenvalue weighted by Gasteiger charge is -2.35. The molecule has 0 spiro atoms. The molecule has 0 aliphatic heterocycles. The Morgan fingerprint density at radius 2 is 1.33 bits per heavy atom. The van der Waals surface area contributed by atoms with Crippen LogP contribution in [0.15, 0.2) is 49.1 Å². The first-order chi connectivity index (χ1) is 14.7. The number of ether oxygens (including phenoxy) is 2. The second-order valence-corrected chi connectivity index (χ2v) is 8.66. The molecule has 0 bridgehead atoms. The van der Waals surface area contributed by atoms with E-state index in [9.17, 15) is 9.59 Å². The van der Waals surface area contributed by atoms with Gasteiger partial charge < -0.3 is 9.47 Å². The van der Waals surface area contributed by atoms with Gasteiger partial charge in [0.05, 0.1) is 5.92 Å². The maximum absolute atomic E-state index is 12.9. The first-order valence-electron chi connectivity index (χ1n) is 11.2. The largest absolute Gasteiger partial charge is 0.426 e. The van der Waals surface area contributed by atoms with Crippen LogP contribution in [0.3, 0.4) is 0 Å². The summed E-state index contributed by atoms with van der Waals surface area (Å²) in [5, 5.41) is 1.50. The van der Waals surface area contributed by atoms with Crippen LogP contribution < -0.4 is 9.47 Å². The van der Waals surface area contributed by atoms with Gasteiger partial charge in [-0.1, -0.05) is 62.9 Å². The number of esters is 2. The standard InChI is InChI=1S/C26H30O4/c1-2-25(27)29-23-12-6-11-22-21(23)10-7-13-24(22)30-26(28)20-16-14-19(15-17-20)18-8-4-3-5-9-18/h2,6-7,10-13,18-20H,1,3-5,8-9,14-17H2. The predicted molar refractivity (Wildman–Crippen MR) is 117 cm³/mol. The van der Waals surface area contributed by atoms with Gasteiger partial charge in [0.2, 0.25) is 0 Å². The zero-order valence-electron chi connectivity index (χ0n) is 17.5. The van der Waals surface area contributed by atoms with Crippen LogP contribution in [-0.2, 0) is 9.59 Å². The second kappa shape index (κ2) is 9.46. The number of rotatable bonds is 5.